The van der Waals surface area contributed by atoms with Crippen molar-refractivity contribution in [2.24, 2.45) is 0 Å². The molecular formula is C16H18O3. The molecule has 19 heavy (non-hydrogen) atoms. The van der Waals surface area contributed by atoms with Gasteiger partial charge in [0.1, 0.15) is 12.4 Å². The maximum atomic E-state index is 9.27. The predicted molar refractivity (Wildman–Crippen MR) is 74.1 cm³/mol. The van der Waals surface area contributed by atoms with E-state index in [-0.39, 0.29) is 19.1 Å². The highest BCUT2D eigenvalue weighted by Gasteiger charge is 2.14. The first-order valence-electron chi connectivity index (χ1n) is 6.32. The minimum absolute atomic E-state index is 0.0950. The van der Waals surface area contributed by atoms with Gasteiger partial charge >= 0.3 is 0 Å². The van der Waals surface area contributed by atoms with Crippen molar-refractivity contribution in [1.82, 2.24) is 0 Å². The van der Waals surface area contributed by atoms with Crippen LogP contribution >= 0.6 is 0 Å². The van der Waals surface area contributed by atoms with Gasteiger partial charge in [0.15, 0.2) is 0 Å². The first-order chi connectivity index (χ1) is 9.35. The van der Waals surface area contributed by atoms with Gasteiger partial charge in [0.05, 0.1) is 13.2 Å². The zero-order valence-corrected chi connectivity index (χ0v) is 10.7. The van der Waals surface area contributed by atoms with Gasteiger partial charge in [-0.25, -0.2) is 0 Å². The molecule has 0 unspecified atom stereocenters. The normalized spacial score (nSPS) is 10.7. The van der Waals surface area contributed by atoms with Crippen molar-refractivity contribution < 1.29 is 14.9 Å². The number of para-hydroxylation sites is 1. The van der Waals surface area contributed by atoms with E-state index in [4.69, 9.17) is 4.74 Å². The summed E-state index contributed by atoms with van der Waals surface area (Å²) in [5.74, 6) is 0.409. The Hall–Kier alpha value is -1.84. The second kappa shape index (κ2) is 6.92. The molecular weight excluding hydrogens is 240 g/mol. The van der Waals surface area contributed by atoms with Gasteiger partial charge in [-0.05, 0) is 11.6 Å². The van der Waals surface area contributed by atoms with Gasteiger partial charge in [0.2, 0.25) is 0 Å². The Morgan fingerprint density at radius 1 is 0.842 bits per heavy atom. The van der Waals surface area contributed by atoms with Crippen LogP contribution in [-0.2, 0) is 6.61 Å². The van der Waals surface area contributed by atoms with E-state index < -0.39 is 0 Å². The van der Waals surface area contributed by atoms with Crippen LogP contribution in [0.1, 0.15) is 17.0 Å². The SMILES string of the molecule is OCC(CO)c1ccccc1OCc1ccccc1. The number of aliphatic hydroxyl groups is 2. The highest BCUT2D eigenvalue weighted by Crippen LogP contribution is 2.26. The van der Waals surface area contributed by atoms with Crippen LogP contribution in [-0.4, -0.2) is 23.4 Å². The molecule has 2 N–H and O–H groups in total. The summed E-state index contributed by atoms with van der Waals surface area (Å²) in [6, 6.07) is 17.4. The molecule has 0 radical (unpaired) electrons. The van der Waals surface area contributed by atoms with Crippen molar-refractivity contribution in [3.8, 4) is 5.75 Å². The molecule has 2 aromatic rings. The second-order valence-corrected chi connectivity index (χ2v) is 4.37. The lowest BCUT2D eigenvalue weighted by Gasteiger charge is -2.16. The Bertz CT molecular complexity index is 492. The molecule has 0 spiro atoms. The largest absolute Gasteiger partial charge is 0.489 e. The number of benzene rings is 2. The second-order valence-electron chi connectivity index (χ2n) is 4.37. The van der Waals surface area contributed by atoms with Crippen LogP contribution in [0.25, 0.3) is 0 Å². The van der Waals surface area contributed by atoms with Gasteiger partial charge < -0.3 is 14.9 Å². The molecule has 0 aliphatic rings. The lowest BCUT2D eigenvalue weighted by Crippen LogP contribution is -2.10. The molecule has 2 rings (SSSR count). The summed E-state index contributed by atoms with van der Waals surface area (Å²) in [6.45, 7) is 0.284. The fourth-order valence-corrected chi connectivity index (χ4v) is 1.94. The van der Waals surface area contributed by atoms with E-state index >= 15 is 0 Å². The maximum Gasteiger partial charge on any atom is 0.123 e. The third-order valence-corrected chi connectivity index (χ3v) is 3.04. The highest BCUT2D eigenvalue weighted by atomic mass is 16.5. The summed E-state index contributed by atoms with van der Waals surface area (Å²) in [5.41, 5.74) is 1.92. The molecule has 3 heteroatoms. The quantitative estimate of drug-likeness (QED) is 0.836. The Morgan fingerprint density at radius 2 is 1.47 bits per heavy atom. The molecule has 0 aliphatic heterocycles. The monoisotopic (exact) mass is 258 g/mol. The van der Waals surface area contributed by atoms with Crippen LogP contribution in [0.5, 0.6) is 5.75 Å². The van der Waals surface area contributed by atoms with Crippen LogP contribution in [0.2, 0.25) is 0 Å². The Labute approximate surface area is 113 Å². The third-order valence-electron chi connectivity index (χ3n) is 3.04. The van der Waals surface area contributed by atoms with E-state index in [2.05, 4.69) is 0 Å². The number of hydrogen-bond donors (Lipinski definition) is 2. The molecule has 0 bridgehead atoms. The summed E-state index contributed by atoms with van der Waals surface area (Å²) in [5, 5.41) is 18.5. The van der Waals surface area contributed by atoms with E-state index in [9.17, 15) is 10.2 Å². The van der Waals surface area contributed by atoms with E-state index in [1.165, 1.54) is 0 Å². The molecule has 0 heterocycles. The van der Waals surface area contributed by atoms with Crippen molar-refractivity contribution >= 4 is 0 Å². The summed E-state index contributed by atoms with van der Waals surface area (Å²) >= 11 is 0. The van der Waals surface area contributed by atoms with Crippen molar-refractivity contribution in [2.75, 3.05) is 13.2 Å². The Balaban J connectivity index is 2.12. The molecule has 0 amide bonds. The zero-order chi connectivity index (χ0) is 13.5. The average Bonchev–Trinajstić information content (AvgIpc) is 2.48. The van der Waals surface area contributed by atoms with E-state index in [1.54, 1.807) is 0 Å². The number of rotatable bonds is 6. The molecule has 100 valence electrons. The minimum atomic E-state index is -0.299. The molecule has 0 atom stereocenters. The van der Waals surface area contributed by atoms with Crippen molar-refractivity contribution in [3.63, 3.8) is 0 Å². The van der Waals surface area contributed by atoms with E-state index in [1.807, 2.05) is 54.6 Å². The number of ether oxygens (including phenoxy) is 1. The van der Waals surface area contributed by atoms with Gasteiger partial charge in [0, 0.05) is 11.5 Å². The smallest absolute Gasteiger partial charge is 0.123 e. The van der Waals surface area contributed by atoms with Gasteiger partial charge in [-0.1, -0.05) is 48.5 Å². The van der Waals surface area contributed by atoms with Crippen LogP contribution in [0.4, 0.5) is 0 Å². The molecule has 0 saturated carbocycles. The lowest BCUT2D eigenvalue weighted by molar-refractivity contribution is 0.188. The standard InChI is InChI=1S/C16H18O3/c17-10-14(11-18)15-8-4-5-9-16(15)19-12-13-6-2-1-3-7-13/h1-9,14,17-18H,10-12H2. The van der Waals surface area contributed by atoms with Crippen LogP contribution in [0.3, 0.4) is 0 Å². The molecule has 3 nitrogen and oxygen atoms in total. The van der Waals surface area contributed by atoms with E-state index in [0.29, 0.717) is 12.4 Å². The topological polar surface area (TPSA) is 49.7 Å². The fourth-order valence-electron chi connectivity index (χ4n) is 1.94. The maximum absolute atomic E-state index is 9.27. The summed E-state index contributed by atoms with van der Waals surface area (Å²) in [7, 11) is 0. The number of aliphatic hydroxyl groups excluding tert-OH is 2. The molecule has 2 aromatic carbocycles. The van der Waals surface area contributed by atoms with Crippen molar-refractivity contribution in [3.05, 3.63) is 65.7 Å². The Kier molecular flexibility index (Phi) is 4.95. The molecule has 0 aliphatic carbocycles. The van der Waals surface area contributed by atoms with E-state index in [0.717, 1.165) is 11.1 Å². The first-order valence-corrected chi connectivity index (χ1v) is 6.32. The van der Waals surface area contributed by atoms with Crippen molar-refractivity contribution in [1.29, 1.82) is 0 Å². The first kappa shape index (κ1) is 13.6. The molecule has 0 aromatic heterocycles. The minimum Gasteiger partial charge on any atom is -0.489 e. The van der Waals surface area contributed by atoms with Gasteiger partial charge in [-0.15, -0.1) is 0 Å². The van der Waals surface area contributed by atoms with Crippen LogP contribution in [0.15, 0.2) is 54.6 Å². The fraction of sp³-hybridized carbons (Fsp3) is 0.250. The number of hydrogen-bond acceptors (Lipinski definition) is 3. The predicted octanol–water partition coefficient (Wildman–Crippen LogP) is 2.33. The van der Waals surface area contributed by atoms with Crippen LogP contribution in [0, 0.1) is 0 Å². The average molecular weight is 258 g/mol. The highest BCUT2D eigenvalue weighted by molar-refractivity contribution is 5.36. The summed E-state index contributed by atoms with van der Waals surface area (Å²) < 4.78 is 5.79. The lowest BCUT2D eigenvalue weighted by atomic mass is 10.00. The van der Waals surface area contributed by atoms with Gasteiger partial charge in [-0.3, -0.25) is 0 Å². The third kappa shape index (κ3) is 3.56. The molecule has 0 saturated heterocycles. The molecule has 0 fully saturated rings. The summed E-state index contributed by atoms with van der Waals surface area (Å²) in [4.78, 5) is 0. The van der Waals surface area contributed by atoms with Crippen molar-refractivity contribution in [2.45, 2.75) is 12.5 Å². The Morgan fingerprint density at radius 3 is 2.16 bits per heavy atom. The van der Waals surface area contributed by atoms with Gasteiger partial charge in [-0.2, -0.15) is 0 Å². The van der Waals surface area contributed by atoms with Gasteiger partial charge in [0.25, 0.3) is 0 Å². The zero-order valence-electron chi connectivity index (χ0n) is 10.7. The summed E-state index contributed by atoms with van der Waals surface area (Å²) in [6.07, 6.45) is 0. The van der Waals surface area contributed by atoms with Crippen LogP contribution < -0.4 is 4.74 Å².